The van der Waals surface area contributed by atoms with Crippen molar-refractivity contribution < 1.29 is 9.53 Å². The van der Waals surface area contributed by atoms with Gasteiger partial charge >= 0.3 is 0 Å². The van der Waals surface area contributed by atoms with Gasteiger partial charge < -0.3 is 15.0 Å². The minimum absolute atomic E-state index is 0.119. The van der Waals surface area contributed by atoms with Crippen LogP contribution in [0.25, 0.3) is 0 Å². The van der Waals surface area contributed by atoms with Gasteiger partial charge in [-0.1, -0.05) is 0 Å². The summed E-state index contributed by atoms with van der Waals surface area (Å²) in [4.78, 5) is 13.8. The lowest BCUT2D eigenvalue weighted by Crippen LogP contribution is -2.47. The zero-order valence-electron chi connectivity index (χ0n) is 11.2. The third-order valence-electron chi connectivity index (χ3n) is 2.74. The second-order valence-corrected chi connectivity index (χ2v) is 4.08. The summed E-state index contributed by atoms with van der Waals surface area (Å²) in [5, 5.41) is 3.29. The Morgan fingerprint density at radius 2 is 1.88 bits per heavy atom. The monoisotopic (exact) mass is 230 g/mol. The molecule has 1 amide bonds. The van der Waals surface area contributed by atoms with E-state index in [-0.39, 0.29) is 11.9 Å². The minimum Gasteiger partial charge on any atom is -0.385 e. The van der Waals surface area contributed by atoms with Crippen LogP contribution in [-0.4, -0.2) is 49.7 Å². The van der Waals surface area contributed by atoms with Crippen LogP contribution in [0.15, 0.2) is 0 Å². The van der Waals surface area contributed by atoms with Gasteiger partial charge in [-0.2, -0.15) is 0 Å². The van der Waals surface area contributed by atoms with Gasteiger partial charge in [0.05, 0.1) is 6.04 Å². The molecule has 2 atom stereocenters. The first kappa shape index (κ1) is 15.4. The lowest BCUT2D eigenvalue weighted by atomic mass is 10.2. The van der Waals surface area contributed by atoms with Crippen LogP contribution >= 0.6 is 0 Å². The molecule has 2 unspecified atom stereocenters. The SMILES string of the molecule is CCN(CC)C(=O)C(C)NC(C)CCOC. The van der Waals surface area contributed by atoms with Crippen molar-refractivity contribution >= 4 is 5.91 Å². The third kappa shape index (κ3) is 5.47. The molecule has 16 heavy (non-hydrogen) atoms. The number of methoxy groups -OCH3 is 1. The van der Waals surface area contributed by atoms with Gasteiger partial charge in [-0.25, -0.2) is 0 Å². The molecule has 4 nitrogen and oxygen atoms in total. The second kappa shape index (κ2) is 8.53. The number of carbonyl (C=O) groups is 1. The van der Waals surface area contributed by atoms with Crippen molar-refractivity contribution in [3.63, 3.8) is 0 Å². The predicted octanol–water partition coefficient (Wildman–Crippen LogP) is 1.26. The molecule has 0 saturated carbocycles. The molecule has 0 bridgehead atoms. The van der Waals surface area contributed by atoms with Gasteiger partial charge in [0, 0.05) is 32.8 Å². The molecule has 0 aliphatic rings. The first-order chi connectivity index (χ1) is 7.56. The van der Waals surface area contributed by atoms with Crippen LogP contribution in [0.3, 0.4) is 0 Å². The molecule has 1 N–H and O–H groups in total. The molecule has 0 heterocycles. The van der Waals surface area contributed by atoms with Crippen molar-refractivity contribution in [2.24, 2.45) is 0 Å². The van der Waals surface area contributed by atoms with Gasteiger partial charge in [-0.15, -0.1) is 0 Å². The normalized spacial score (nSPS) is 14.6. The quantitative estimate of drug-likeness (QED) is 0.682. The Kier molecular flexibility index (Phi) is 8.21. The summed E-state index contributed by atoms with van der Waals surface area (Å²) in [6, 6.07) is 0.182. The maximum absolute atomic E-state index is 11.9. The van der Waals surface area contributed by atoms with E-state index >= 15 is 0 Å². The number of ether oxygens (including phenoxy) is 1. The summed E-state index contributed by atoms with van der Waals surface area (Å²) < 4.78 is 5.01. The highest BCUT2D eigenvalue weighted by atomic mass is 16.5. The van der Waals surface area contributed by atoms with Crippen LogP contribution in [0.1, 0.15) is 34.1 Å². The fraction of sp³-hybridized carbons (Fsp3) is 0.917. The predicted molar refractivity (Wildman–Crippen MR) is 66.5 cm³/mol. The molecular weight excluding hydrogens is 204 g/mol. The molecule has 96 valence electrons. The molecule has 0 aromatic heterocycles. The van der Waals surface area contributed by atoms with E-state index in [0.29, 0.717) is 6.04 Å². The lowest BCUT2D eigenvalue weighted by molar-refractivity contribution is -0.132. The standard InChI is InChI=1S/C12H26N2O2/c1-6-14(7-2)12(15)11(4)13-10(3)8-9-16-5/h10-11,13H,6-9H2,1-5H3. The molecule has 0 rings (SSSR count). The lowest BCUT2D eigenvalue weighted by Gasteiger charge is -2.25. The van der Waals surface area contributed by atoms with Crippen LogP contribution in [0.2, 0.25) is 0 Å². The van der Waals surface area contributed by atoms with Gasteiger partial charge in [0.2, 0.25) is 5.91 Å². The fourth-order valence-corrected chi connectivity index (χ4v) is 1.69. The van der Waals surface area contributed by atoms with Gasteiger partial charge in [-0.05, 0) is 34.1 Å². The Balaban J connectivity index is 4.03. The molecule has 0 aromatic rings. The average molecular weight is 230 g/mol. The Morgan fingerprint density at radius 3 is 2.31 bits per heavy atom. The number of rotatable bonds is 8. The molecule has 0 aromatic carbocycles. The van der Waals surface area contributed by atoms with Crippen LogP contribution in [0, 0.1) is 0 Å². The summed E-state index contributed by atoms with van der Waals surface area (Å²) in [6.07, 6.45) is 0.923. The number of nitrogens with zero attached hydrogens (tertiary/aromatic N) is 1. The van der Waals surface area contributed by atoms with Gasteiger partial charge in [-0.3, -0.25) is 4.79 Å². The highest BCUT2D eigenvalue weighted by Gasteiger charge is 2.19. The van der Waals surface area contributed by atoms with Crippen molar-refractivity contribution in [1.82, 2.24) is 10.2 Å². The van der Waals surface area contributed by atoms with E-state index in [9.17, 15) is 4.79 Å². The zero-order valence-corrected chi connectivity index (χ0v) is 11.2. The van der Waals surface area contributed by atoms with Crippen LogP contribution < -0.4 is 5.32 Å². The Morgan fingerprint density at radius 1 is 1.31 bits per heavy atom. The average Bonchev–Trinajstić information content (AvgIpc) is 2.27. The second-order valence-electron chi connectivity index (χ2n) is 4.08. The molecule has 0 radical (unpaired) electrons. The summed E-state index contributed by atoms with van der Waals surface area (Å²) in [6.45, 7) is 10.3. The Labute approximate surface area is 99.3 Å². The molecule has 0 saturated heterocycles. The van der Waals surface area contributed by atoms with Crippen molar-refractivity contribution in [2.45, 2.75) is 46.2 Å². The number of amides is 1. The van der Waals surface area contributed by atoms with E-state index in [1.165, 1.54) is 0 Å². The molecular formula is C12H26N2O2. The van der Waals surface area contributed by atoms with E-state index in [2.05, 4.69) is 12.2 Å². The highest BCUT2D eigenvalue weighted by molar-refractivity contribution is 5.81. The molecule has 0 fully saturated rings. The van der Waals surface area contributed by atoms with Gasteiger partial charge in [0.25, 0.3) is 0 Å². The van der Waals surface area contributed by atoms with E-state index in [1.807, 2.05) is 25.7 Å². The molecule has 4 heteroatoms. The van der Waals surface area contributed by atoms with Crippen LogP contribution in [0.5, 0.6) is 0 Å². The first-order valence-corrected chi connectivity index (χ1v) is 6.10. The molecule has 0 aliphatic carbocycles. The number of likely N-dealkylation sites (N-methyl/N-ethyl adjacent to an activating group) is 1. The maximum Gasteiger partial charge on any atom is 0.239 e. The van der Waals surface area contributed by atoms with E-state index < -0.39 is 0 Å². The Bertz CT molecular complexity index is 193. The first-order valence-electron chi connectivity index (χ1n) is 6.10. The number of nitrogens with one attached hydrogen (secondary N) is 1. The number of hydrogen-bond donors (Lipinski definition) is 1. The summed E-state index contributed by atoms with van der Waals surface area (Å²) >= 11 is 0. The van der Waals surface area contributed by atoms with Gasteiger partial charge in [0.1, 0.15) is 0 Å². The van der Waals surface area contributed by atoms with Crippen molar-refractivity contribution in [1.29, 1.82) is 0 Å². The highest BCUT2D eigenvalue weighted by Crippen LogP contribution is 1.98. The molecule has 0 spiro atoms. The smallest absolute Gasteiger partial charge is 0.239 e. The van der Waals surface area contributed by atoms with E-state index in [1.54, 1.807) is 7.11 Å². The minimum atomic E-state index is -0.119. The van der Waals surface area contributed by atoms with Gasteiger partial charge in [0.15, 0.2) is 0 Å². The Hall–Kier alpha value is -0.610. The van der Waals surface area contributed by atoms with E-state index in [0.717, 1.165) is 26.1 Å². The van der Waals surface area contributed by atoms with Crippen molar-refractivity contribution in [3.05, 3.63) is 0 Å². The zero-order chi connectivity index (χ0) is 12.6. The summed E-state index contributed by atoms with van der Waals surface area (Å²) in [7, 11) is 1.69. The van der Waals surface area contributed by atoms with Crippen LogP contribution in [0.4, 0.5) is 0 Å². The topological polar surface area (TPSA) is 41.6 Å². The maximum atomic E-state index is 11.9. The summed E-state index contributed by atoms with van der Waals surface area (Å²) in [5.41, 5.74) is 0. The number of hydrogen-bond acceptors (Lipinski definition) is 3. The largest absolute Gasteiger partial charge is 0.385 e. The fourth-order valence-electron chi connectivity index (χ4n) is 1.69. The van der Waals surface area contributed by atoms with Crippen molar-refractivity contribution in [2.75, 3.05) is 26.8 Å². The van der Waals surface area contributed by atoms with E-state index in [4.69, 9.17) is 4.74 Å². The summed E-state index contributed by atoms with van der Waals surface area (Å²) in [5.74, 6) is 0.175. The van der Waals surface area contributed by atoms with Crippen LogP contribution in [-0.2, 0) is 9.53 Å². The van der Waals surface area contributed by atoms with Crippen molar-refractivity contribution in [3.8, 4) is 0 Å². The molecule has 0 aliphatic heterocycles. The third-order valence-corrected chi connectivity index (χ3v) is 2.74. The number of carbonyl (C=O) groups excluding carboxylic acids is 1.